The summed E-state index contributed by atoms with van der Waals surface area (Å²) in [6.07, 6.45) is 2.27. The van der Waals surface area contributed by atoms with Gasteiger partial charge in [0.05, 0.1) is 0 Å². The fourth-order valence-corrected chi connectivity index (χ4v) is 3.63. The first-order valence-corrected chi connectivity index (χ1v) is 8.82. The van der Waals surface area contributed by atoms with Crippen molar-refractivity contribution in [1.82, 2.24) is 10.2 Å². The molecule has 1 atom stereocenters. The van der Waals surface area contributed by atoms with Gasteiger partial charge in [-0.3, -0.25) is 4.90 Å². The number of hydrogen-bond acceptors (Lipinski definition) is 3. The fraction of sp³-hybridized carbons (Fsp3) is 0.500. The third-order valence-corrected chi connectivity index (χ3v) is 4.89. The fourth-order valence-electron chi connectivity index (χ4n) is 3.63. The van der Waals surface area contributed by atoms with Crippen LogP contribution in [0.1, 0.15) is 38.3 Å². The molecule has 2 N–H and O–H groups in total. The number of phenols is 1. The predicted molar refractivity (Wildman–Crippen MR) is 96.9 cm³/mol. The Balaban J connectivity index is 2.02. The zero-order valence-corrected chi connectivity index (χ0v) is 14.3. The summed E-state index contributed by atoms with van der Waals surface area (Å²) in [5.74, 6) is 1.12. The van der Waals surface area contributed by atoms with E-state index in [9.17, 15) is 5.11 Å². The van der Waals surface area contributed by atoms with Crippen molar-refractivity contribution in [3.05, 3.63) is 42.0 Å². The van der Waals surface area contributed by atoms with Crippen LogP contribution in [-0.4, -0.2) is 36.2 Å². The van der Waals surface area contributed by atoms with Crippen molar-refractivity contribution in [1.29, 1.82) is 0 Å². The highest BCUT2D eigenvalue weighted by Crippen LogP contribution is 2.38. The van der Waals surface area contributed by atoms with Crippen molar-refractivity contribution >= 4 is 10.8 Å². The van der Waals surface area contributed by atoms with E-state index in [-0.39, 0.29) is 0 Å². The Morgan fingerprint density at radius 3 is 2.52 bits per heavy atom. The highest BCUT2D eigenvalue weighted by Gasteiger charge is 2.26. The minimum absolute atomic E-state index is 0.297. The second-order valence-corrected chi connectivity index (χ2v) is 6.99. The largest absolute Gasteiger partial charge is 0.508 e. The number of fused-ring (bicyclic) bond motifs is 1. The van der Waals surface area contributed by atoms with E-state index >= 15 is 0 Å². The number of benzene rings is 2. The lowest BCUT2D eigenvalue weighted by Gasteiger charge is -2.36. The van der Waals surface area contributed by atoms with Gasteiger partial charge in [0.2, 0.25) is 0 Å². The first kappa shape index (κ1) is 16.3. The Kier molecular flexibility index (Phi) is 5.19. The maximum absolute atomic E-state index is 10.6. The molecule has 0 aliphatic carbocycles. The standard InChI is InChI=1S/C20H28N2O/c1-15(2)7-9-18(22-13-11-21-12-14-22)20-17-6-4-3-5-16(17)8-10-19(20)23/h3-6,8,10,15,18,21,23H,7,9,11-14H2,1-2H3/t18-/m0/s1. The minimum atomic E-state index is 0.297. The van der Waals surface area contributed by atoms with Gasteiger partial charge < -0.3 is 10.4 Å². The highest BCUT2D eigenvalue weighted by molar-refractivity contribution is 5.88. The summed E-state index contributed by atoms with van der Waals surface area (Å²) in [4.78, 5) is 2.54. The molecule has 2 aromatic carbocycles. The smallest absolute Gasteiger partial charge is 0.121 e. The number of rotatable bonds is 5. The van der Waals surface area contributed by atoms with Gasteiger partial charge in [-0.25, -0.2) is 0 Å². The third-order valence-electron chi connectivity index (χ3n) is 4.89. The Bertz CT molecular complexity index is 647. The van der Waals surface area contributed by atoms with Crippen LogP contribution in [0.5, 0.6) is 5.75 Å². The van der Waals surface area contributed by atoms with Crippen LogP contribution in [0.15, 0.2) is 36.4 Å². The van der Waals surface area contributed by atoms with Crippen LogP contribution in [0, 0.1) is 5.92 Å². The van der Waals surface area contributed by atoms with Crippen molar-refractivity contribution in [2.75, 3.05) is 26.2 Å². The molecule has 1 saturated heterocycles. The monoisotopic (exact) mass is 312 g/mol. The average Bonchev–Trinajstić information content (AvgIpc) is 2.57. The quantitative estimate of drug-likeness (QED) is 0.878. The maximum atomic E-state index is 10.6. The molecule has 0 aromatic heterocycles. The van der Waals surface area contributed by atoms with Crippen LogP contribution in [0.4, 0.5) is 0 Å². The van der Waals surface area contributed by atoms with E-state index < -0.39 is 0 Å². The maximum Gasteiger partial charge on any atom is 0.121 e. The van der Waals surface area contributed by atoms with Gasteiger partial charge >= 0.3 is 0 Å². The van der Waals surface area contributed by atoms with Gasteiger partial charge in [-0.15, -0.1) is 0 Å². The van der Waals surface area contributed by atoms with E-state index in [4.69, 9.17) is 0 Å². The number of nitrogens with one attached hydrogen (secondary N) is 1. The first-order valence-electron chi connectivity index (χ1n) is 8.82. The number of piperazine rings is 1. The van der Waals surface area contributed by atoms with E-state index in [0.29, 0.717) is 17.7 Å². The van der Waals surface area contributed by atoms with Gasteiger partial charge in [0.15, 0.2) is 0 Å². The number of hydrogen-bond donors (Lipinski definition) is 2. The molecule has 0 amide bonds. The molecule has 0 unspecified atom stereocenters. The summed E-state index contributed by atoms with van der Waals surface area (Å²) in [5, 5.41) is 16.5. The molecule has 0 spiro atoms. The summed E-state index contributed by atoms with van der Waals surface area (Å²) < 4.78 is 0. The summed E-state index contributed by atoms with van der Waals surface area (Å²) in [7, 11) is 0. The molecule has 1 fully saturated rings. The topological polar surface area (TPSA) is 35.5 Å². The van der Waals surface area contributed by atoms with Crippen molar-refractivity contribution in [3.63, 3.8) is 0 Å². The second-order valence-electron chi connectivity index (χ2n) is 6.99. The Morgan fingerprint density at radius 2 is 1.78 bits per heavy atom. The van der Waals surface area contributed by atoms with Crippen molar-refractivity contribution in [2.24, 2.45) is 5.92 Å². The lowest BCUT2D eigenvalue weighted by molar-refractivity contribution is 0.158. The van der Waals surface area contributed by atoms with Crippen LogP contribution in [0.25, 0.3) is 10.8 Å². The SMILES string of the molecule is CC(C)CC[C@@H](c1c(O)ccc2ccccc12)N1CCNCC1. The molecule has 3 heteroatoms. The third kappa shape index (κ3) is 3.67. The zero-order chi connectivity index (χ0) is 16.2. The summed E-state index contributed by atoms with van der Waals surface area (Å²) in [5.41, 5.74) is 1.12. The van der Waals surface area contributed by atoms with E-state index in [1.54, 1.807) is 0 Å². The van der Waals surface area contributed by atoms with Gasteiger partial charge in [-0.2, -0.15) is 0 Å². The molecule has 0 saturated carbocycles. The van der Waals surface area contributed by atoms with Crippen LogP contribution in [-0.2, 0) is 0 Å². The Hall–Kier alpha value is -1.58. The van der Waals surface area contributed by atoms with Gasteiger partial charge in [0.1, 0.15) is 5.75 Å². The van der Waals surface area contributed by atoms with Gasteiger partial charge in [-0.1, -0.05) is 44.2 Å². The van der Waals surface area contributed by atoms with Crippen LogP contribution in [0.3, 0.4) is 0 Å². The number of phenolic OH excluding ortho intramolecular Hbond substituents is 1. The molecule has 3 nitrogen and oxygen atoms in total. The second kappa shape index (κ2) is 7.33. The average molecular weight is 312 g/mol. The van der Waals surface area contributed by atoms with Gasteiger partial charge in [0.25, 0.3) is 0 Å². The molecular formula is C20H28N2O. The molecule has 0 bridgehead atoms. The van der Waals surface area contributed by atoms with Gasteiger partial charge in [-0.05, 0) is 35.6 Å². The molecule has 1 heterocycles. The van der Waals surface area contributed by atoms with Crippen molar-refractivity contribution in [2.45, 2.75) is 32.7 Å². The van der Waals surface area contributed by atoms with E-state index in [2.05, 4.69) is 48.3 Å². The molecule has 0 radical (unpaired) electrons. The van der Waals surface area contributed by atoms with Crippen LogP contribution < -0.4 is 5.32 Å². The summed E-state index contributed by atoms with van der Waals surface area (Å²) in [6.45, 7) is 8.71. The zero-order valence-electron chi connectivity index (χ0n) is 14.3. The van der Waals surface area contributed by atoms with E-state index in [1.807, 2.05) is 12.1 Å². The molecule has 1 aliphatic heterocycles. The normalized spacial score (nSPS) is 17.7. The molecule has 3 rings (SSSR count). The van der Waals surface area contributed by atoms with Crippen molar-refractivity contribution in [3.8, 4) is 5.75 Å². The molecule has 1 aliphatic rings. The lowest BCUT2D eigenvalue weighted by atomic mass is 9.91. The highest BCUT2D eigenvalue weighted by atomic mass is 16.3. The summed E-state index contributed by atoms with van der Waals surface area (Å²) in [6, 6.07) is 12.6. The molecule has 2 aromatic rings. The summed E-state index contributed by atoms with van der Waals surface area (Å²) >= 11 is 0. The van der Waals surface area contributed by atoms with Crippen LogP contribution >= 0.6 is 0 Å². The van der Waals surface area contributed by atoms with E-state index in [1.165, 1.54) is 17.2 Å². The van der Waals surface area contributed by atoms with Crippen LogP contribution in [0.2, 0.25) is 0 Å². The van der Waals surface area contributed by atoms with Gasteiger partial charge in [0, 0.05) is 37.8 Å². The Labute approximate surface area is 139 Å². The lowest BCUT2D eigenvalue weighted by Crippen LogP contribution is -2.45. The Morgan fingerprint density at radius 1 is 1.04 bits per heavy atom. The molecule has 124 valence electrons. The van der Waals surface area contributed by atoms with E-state index in [0.717, 1.165) is 38.2 Å². The first-order chi connectivity index (χ1) is 11.2. The minimum Gasteiger partial charge on any atom is -0.508 e. The molecular weight excluding hydrogens is 284 g/mol. The number of nitrogens with zero attached hydrogens (tertiary/aromatic N) is 1. The molecule has 23 heavy (non-hydrogen) atoms. The number of aromatic hydroxyl groups is 1. The van der Waals surface area contributed by atoms with Crippen molar-refractivity contribution < 1.29 is 5.11 Å². The predicted octanol–water partition coefficient (Wildman–Crippen LogP) is 3.93.